The maximum atomic E-state index is 5.94. The van der Waals surface area contributed by atoms with E-state index in [1.165, 1.54) is 0 Å². The first-order valence-corrected chi connectivity index (χ1v) is 8.83. The fraction of sp³-hybridized carbons (Fsp3) is 0.500. The molecule has 1 saturated heterocycles. The second kappa shape index (κ2) is 7.65. The minimum Gasteiger partial charge on any atom is -0.404 e. The van der Waals surface area contributed by atoms with Crippen molar-refractivity contribution < 1.29 is 0 Å². The van der Waals surface area contributed by atoms with Crippen LogP contribution in [0.15, 0.2) is 29.4 Å². The average Bonchev–Trinajstić information content (AvgIpc) is 2.62. The fourth-order valence-corrected chi connectivity index (χ4v) is 3.24. The number of nitrogens with zero attached hydrogens (tertiary/aromatic N) is 5. The van der Waals surface area contributed by atoms with E-state index in [0.717, 1.165) is 69.0 Å². The molecule has 0 spiro atoms. The van der Waals surface area contributed by atoms with Gasteiger partial charge in [-0.2, -0.15) is 4.98 Å². The Morgan fingerprint density at radius 3 is 2.64 bits per heavy atom. The summed E-state index contributed by atoms with van der Waals surface area (Å²) in [6, 6.07) is 1.93. The van der Waals surface area contributed by atoms with Gasteiger partial charge in [0.1, 0.15) is 5.82 Å². The van der Waals surface area contributed by atoms with Gasteiger partial charge >= 0.3 is 0 Å². The summed E-state index contributed by atoms with van der Waals surface area (Å²) in [5.41, 5.74) is 15.1. The predicted octanol–water partition coefficient (Wildman–Crippen LogP) is 1.64. The van der Waals surface area contributed by atoms with E-state index < -0.39 is 0 Å². The van der Waals surface area contributed by atoms with E-state index in [1.807, 2.05) is 6.07 Å². The molecule has 0 amide bonds. The quantitative estimate of drug-likeness (QED) is 0.867. The first-order valence-electron chi connectivity index (χ1n) is 8.83. The molecule has 0 aromatic carbocycles. The molecule has 2 heterocycles. The number of aromatic nitrogens is 2. The number of piperazine rings is 1. The summed E-state index contributed by atoms with van der Waals surface area (Å²) in [6.45, 7) is 7.96. The van der Waals surface area contributed by atoms with Gasteiger partial charge in [-0.05, 0) is 44.5 Å². The number of hydrogen-bond donors (Lipinski definition) is 2. The largest absolute Gasteiger partial charge is 0.404 e. The van der Waals surface area contributed by atoms with Crippen molar-refractivity contribution in [3.63, 3.8) is 0 Å². The number of nitrogen functional groups attached to an aromatic ring is 1. The highest BCUT2D eigenvalue weighted by molar-refractivity contribution is 6.03. The average molecular weight is 341 g/mol. The van der Waals surface area contributed by atoms with Gasteiger partial charge in [0.25, 0.3) is 0 Å². The van der Waals surface area contributed by atoms with E-state index in [4.69, 9.17) is 16.5 Å². The lowest BCUT2D eigenvalue weighted by molar-refractivity contribution is 0.312. The zero-order valence-electron chi connectivity index (χ0n) is 14.9. The molecule has 1 aromatic rings. The standard InChI is InChI=1S/C18H27N7/c1-13(21-15-6-4-3-5-14(15)12-19)16-11-17(23-18(20)22-16)25-9-7-24(2)8-10-25/h11-12H,1,3-10,19H2,2H3,(H2,20,22,23)/b14-12-,21-15-. The Labute approximate surface area is 149 Å². The molecule has 3 rings (SSSR count). The smallest absolute Gasteiger partial charge is 0.222 e. The van der Waals surface area contributed by atoms with Crippen LogP contribution in [0.3, 0.4) is 0 Å². The monoisotopic (exact) mass is 341 g/mol. The van der Waals surface area contributed by atoms with Gasteiger partial charge in [0.05, 0.1) is 11.4 Å². The molecule has 7 nitrogen and oxygen atoms in total. The molecule has 0 radical (unpaired) electrons. The molecule has 7 heteroatoms. The Bertz CT molecular complexity index is 699. The van der Waals surface area contributed by atoms with Crippen LogP contribution >= 0.6 is 0 Å². The zero-order valence-corrected chi connectivity index (χ0v) is 14.9. The minimum atomic E-state index is 0.256. The molecule has 1 saturated carbocycles. The van der Waals surface area contributed by atoms with Crippen molar-refractivity contribution in [1.29, 1.82) is 0 Å². The van der Waals surface area contributed by atoms with Crippen LogP contribution in [-0.4, -0.2) is 53.8 Å². The molecule has 1 aliphatic carbocycles. The van der Waals surface area contributed by atoms with Crippen molar-refractivity contribution >= 4 is 23.2 Å². The summed E-state index contributed by atoms with van der Waals surface area (Å²) in [5, 5.41) is 0. The third-order valence-electron chi connectivity index (χ3n) is 4.80. The third-order valence-corrected chi connectivity index (χ3v) is 4.80. The van der Waals surface area contributed by atoms with Crippen LogP contribution in [0.25, 0.3) is 5.70 Å². The lowest BCUT2D eigenvalue weighted by Gasteiger charge is -2.33. The highest BCUT2D eigenvalue weighted by Gasteiger charge is 2.18. The number of likely N-dealkylation sites (N-methyl/N-ethyl adjacent to an activating group) is 1. The molecule has 0 bridgehead atoms. The van der Waals surface area contributed by atoms with Crippen molar-refractivity contribution in [3.8, 4) is 0 Å². The lowest BCUT2D eigenvalue weighted by Crippen LogP contribution is -2.44. The van der Waals surface area contributed by atoms with Crippen molar-refractivity contribution in [2.75, 3.05) is 43.9 Å². The van der Waals surface area contributed by atoms with E-state index in [2.05, 4.69) is 33.4 Å². The third kappa shape index (κ3) is 4.17. The van der Waals surface area contributed by atoms with Crippen LogP contribution in [0.2, 0.25) is 0 Å². The van der Waals surface area contributed by atoms with Gasteiger partial charge in [0.15, 0.2) is 0 Å². The summed E-state index contributed by atoms with van der Waals surface area (Å²) in [5.74, 6) is 1.10. The number of anilines is 2. The second-order valence-corrected chi connectivity index (χ2v) is 6.66. The Hall–Kier alpha value is -2.41. The zero-order chi connectivity index (χ0) is 17.8. The van der Waals surface area contributed by atoms with E-state index >= 15 is 0 Å². The van der Waals surface area contributed by atoms with Crippen LogP contribution in [0.4, 0.5) is 11.8 Å². The van der Waals surface area contributed by atoms with E-state index in [-0.39, 0.29) is 5.95 Å². The van der Waals surface area contributed by atoms with Crippen molar-refractivity contribution in [1.82, 2.24) is 14.9 Å². The lowest BCUT2D eigenvalue weighted by atomic mass is 9.93. The topological polar surface area (TPSA) is 96.7 Å². The van der Waals surface area contributed by atoms with E-state index in [0.29, 0.717) is 11.4 Å². The van der Waals surface area contributed by atoms with Gasteiger partial charge in [0, 0.05) is 38.0 Å². The number of allylic oxidation sites excluding steroid dienone is 1. The van der Waals surface area contributed by atoms with Gasteiger partial charge in [-0.15, -0.1) is 0 Å². The molecular formula is C18H27N7. The molecule has 2 fully saturated rings. The first-order chi connectivity index (χ1) is 12.1. The summed E-state index contributed by atoms with van der Waals surface area (Å²) in [4.78, 5) is 18.0. The summed E-state index contributed by atoms with van der Waals surface area (Å²) in [7, 11) is 2.13. The fourth-order valence-electron chi connectivity index (χ4n) is 3.24. The molecule has 1 aromatic heterocycles. The van der Waals surface area contributed by atoms with Crippen LogP contribution in [0.5, 0.6) is 0 Å². The number of rotatable bonds is 3. The maximum Gasteiger partial charge on any atom is 0.222 e. The molecule has 2 aliphatic rings. The molecule has 25 heavy (non-hydrogen) atoms. The number of hydrogen-bond acceptors (Lipinski definition) is 7. The normalized spacial score (nSPS) is 22.5. The number of nitrogens with two attached hydrogens (primary N) is 2. The highest BCUT2D eigenvalue weighted by atomic mass is 15.3. The predicted molar refractivity (Wildman–Crippen MR) is 103 cm³/mol. The van der Waals surface area contributed by atoms with Gasteiger partial charge in [-0.3, -0.25) is 4.99 Å². The van der Waals surface area contributed by atoms with E-state index in [9.17, 15) is 0 Å². The summed E-state index contributed by atoms with van der Waals surface area (Å²) >= 11 is 0. The summed E-state index contributed by atoms with van der Waals surface area (Å²) in [6.07, 6.45) is 5.84. The van der Waals surface area contributed by atoms with Gasteiger partial charge in [-0.25, -0.2) is 4.98 Å². The minimum absolute atomic E-state index is 0.256. The van der Waals surface area contributed by atoms with Gasteiger partial charge in [0.2, 0.25) is 5.95 Å². The Balaban J connectivity index is 1.83. The molecule has 1 aliphatic heterocycles. The van der Waals surface area contributed by atoms with Crippen LogP contribution in [-0.2, 0) is 0 Å². The van der Waals surface area contributed by atoms with Crippen LogP contribution in [0, 0.1) is 0 Å². The highest BCUT2D eigenvalue weighted by Crippen LogP contribution is 2.25. The molecule has 134 valence electrons. The molecular weight excluding hydrogens is 314 g/mol. The molecule has 4 N–H and O–H groups in total. The Morgan fingerprint density at radius 2 is 1.92 bits per heavy atom. The SMILES string of the molecule is C=C(/N=C1/CCCC/C1=C/N)c1cc(N2CCN(C)CC2)nc(N)n1. The first kappa shape index (κ1) is 17.4. The van der Waals surface area contributed by atoms with Crippen molar-refractivity contribution in [2.24, 2.45) is 10.7 Å². The van der Waals surface area contributed by atoms with Gasteiger partial charge in [-0.1, -0.05) is 6.58 Å². The summed E-state index contributed by atoms with van der Waals surface area (Å²) < 4.78 is 0. The van der Waals surface area contributed by atoms with Crippen LogP contribution in [0.1, 0.15) is 31.4 Å². The maximum absolute atomic E-state index is 5.94. The van der Waals surface area contributed by atoms with E-state index in [1.54, 1.807) is 6.20 Å². The second-order valence-electron chi connectivity index (χ2n) is 6.66. The Kier molecular flexibility index (Phi) is 5.33. The molecule has 0 atom stereocenters. The van der Waals surface area contributed by atoms with Crippen molar-refractivity contribution in [3.05, 3.63) is 30.1 Å². The molecule has 0 unspecified atom stereocenters. The Morgan fingerprint density at radius 1 is 1.20 bits per heavy atom. The van der Waals surface area contributed by atoms with Gasteiger partial charge < -0.3 is 21.3 Å². The van der Waals surface area contributed by atoms with Crippen molar-refractivity contribution in [2.45, 2.75) is 25.7 Å². The number of aliphatic imine (C=N–C) groups is 1. The van der Waals surface area contributed by atoms with Crippen LogP contribution < -0.4 is 16.4 Å².